The minimum absolute atomic E-state index is 0.0724. The lowest BCUT2D eigenvalue weighted by Crippen LogP contribution is -2.23. The van der Waals surface area contributed by atoms with Crippen molar-refractivity contribution >= 4 is 23.2 Å². The van der Waals surface area contributed by atoms with Crippen LogP contribution in [0.3, 0.4) is 0 Å². The summed E-state index contributed by atoms with van der Waals surface area (Å²) >= 11 is 0. The van der Waals surface area contributed by atoms with Crippen LogP contribution in [0.5, 0.6) is 5.75 Å². The number of amides is 2. The van der Waals surface area contributed by atoms with Crippen molar-refractivity contribution in [1.82, 2.24) is 0 Å². The zero-order valence-corrected chi connectivity index (χ0v) is 14.4. The number of anilines is 2. The van der Waals surface area contributed by atoms with Gasteiger partial charge in [-0.25, -0.2) is 0 Å². The number of nitrogens with one attached hydrogen (secondary N) is 1. The average molecular weight is 326 g/mol. The number of benzene rings is 2. The molecule has 5 nitrogen and oxygen atoms in total. The molecule has 2 rings (SSSR count). The largest absolute Gasteiger partial charge is 0.483 e. The summed E-state index contributed by atoms with van der Waals surface area (Å²) in [5, 5.41) is 2.78. The zero-order valence-electron chi connectivity index (χ0n) is 14.4. The van der Waals surface area contributed by atoms with Gasteiger partial charge in [-0.15, -0.1) is 0 Å². The molecule has 0 aromatic heterocycles. The maximum atomic E-state index is 12.1. The maximum absolute atomic E-state index is 12.1. The first-order chi connectivity index (χ1) is 11.4. The lowest BCUT2D eigenvalue weighted by molar-refractivity contribution is -0.118. The molecule has 0 heterocycles. The monoisotopic (exact) mass is 326 g/mol. The van der Waals surface area contributed by atoms with E-state index in [2.05, 4.69) is 5.32 Å². The summed E-state index contributed by atoms with van der Waals surface area (Å²) in [5.41, 5.74) is 3.40. The minimum atomic E-state index is -0.251. The average Bonchev–Trinajstić information content (AvgIpc) is 2.55. The van der Waals surface area contributed by atoms with Crippen LogP contribution in [0.15, 0.2) is 42.5 Å². The van der Waals surface area contributed by atoms with E-state index in [0.29, 0.717) is 11.4 Å². The molecule has 0 unspecified atom stereocenters. The Bertz CT molecular complexity index is 756. The van der Waals surface area contributed by atoms with Crippen molar-refractivity contribution in [2.45, 2.75) is 20.8 Å². The summed E-state index contributed by atoms with van der Waals surface area (Å²) in [6.45, 7) is 5.33. The third kappa shape index (κ3) is 4.59. The fraction of sp³-hybridized carbons (Fsp3) is 0.263. The fourth-order valence-corrected chi connectivity index (χ4v) is 2.18. The number of hydrogen-bond donors (Lipinski definition) is 1. The van der Waals surface area contributed by atoms with Crippen LogP contribution in [-0.2, 0) is 9.59 Å². The molecule has 2 amide bonds. The Balaban J connectivity index is 1.98. The van der Waals surface area contributed by atoms with Crippen molar-refractivity contribution in [2.75, 3.05) is 23.9 Å². The Kier molecular flexibility index (Phi) is 5.58. The topological polar surface area (TPSA) is 58.6 Å². The molecule has 5 heteroatoms. The van der Waals surface area contributed by atoms with Gasteiger partial charge in [0, 0.05) is 25.3 Å². The lowest BCUT2D eigenvalue weighted by atomic mass is 10.1. The second kappa shape index (κ2) is 7.64. The quantitative estimate of drug-likeness (QED) is 0.917. The Morgan fingerprint density at radius 3 is 2.58 bits per heavy atom. The SMILES string of the molecule is CC(=O)N(C)c1cccc(NC(=O)COc2cc(C)ccc2C)c1. The van der Waals surface area contributed by atoms with Crippen molar-refractivity contribution in [2.24, 2.45) is 0 Å². The Morgan fingerprint density at radius 2 is 1.88 bits per heavy atom. The van der Waals surface area contributed by atoms with Crippen LogP contribution in [0, 0.1) is 13.8 Å². The number of ether oxygens (including phenoxy) is 1. The molecule has 24 heavy (non-hydrogen) atoms. The zero-order chi connectivity index (χ0) is 17.7. The van der Waals surface area contributed by atoms with Crippen LogP contribution in [-0.4, -0.2) is 25.5 Å². The fourth-order valence-electron chi connectivity index (χ4n) is 2.18. The van der Waals surface area contributed by atoms with Gasteiger partial charge >= 0.3 is 0 Å². The molecule has 126 valence electrons. The van der Waals surface area contributed by atoms with E-state index >= 15 is 0 Å². The first kappa shape index (κ1) is 17.5. The third-order valence-corrected chi connectivity index (χ3v) is 3.69. The van der Waals surface area contributed by atoms with Gasteiger partial charge < -0.3 is 15.0 Å². The number of nitrogens with zero attached hydrogens (tertiary/aromatic N) is 1. The molecular weight excluding hydrogens is 304 g/mol. The molecule has 1 N–H and O–H groups in total. The highest BCUT2D eigenvalue weighted by atomic mass is 16.5. The van der Waals surface area contributed by atoms with Gasteiger partial charge in [0.05, 0.1) is 0 Å². The molecule has 0 fully saturated rings. The van der Waals surface area contributed by atoms with Crippen LogP contribution in [0.2, 0.25) is 0 Å². The van der Waals surface area contributed by atoms with Crippen molar-refractivity contribution in [3.05, 3.63) is 53.6 Å². The first-order valence-corrected chi connectivity index (χ1v) is 7.71. The van der Waals surface area contributed by atoms with Gasteiger partial charge in [0.15, 0.2) is 6.61 Å². The molecule has 0 saturated heterocycles. The number of rotatable bonds is 5. The lowest BCUT2D eigenvalue weighted by Gasteiger charge is -2.16. The van der Waals surface area contributed by atoms with E-state index in [1.54, 1.807) is 25.2 Å². The summed E-state index contributed by atoms with van der Waals surface area (Å²) in [4.78, 5) is 25.0. The van der Waals surface area contributed by atoms with Gasteiger partial charge in [-0.05, 0) is 49.2 Å². The van der Waals surface area contributed by atoms with Crippen LogP contribution in [0.4, 0.5) is 11.4 Å². The second-order valence-corrected chi connectivity index (χ2v) is 5.73. The normalized spacial score (nSPS) is 10.2. The van der Waals surface area contributed by atoms with E-state index in [0.717, 1.165) is 16.8 Å². The van der Waals surface area contributed by atoms with Crippen LogP contribution < -0.4 is 15.0 Å². The summed E-state index contributed by atoms with van der Waals surface area (Å²) in [7, 11) is 1.69. The number of aryl methyl sites for hydroxylation is 2. The third-order valence-electron chi connectivity index (χ3n) is 3.69. The van der Waals surface area contributed by atoms with Gasteiger partial charge in [-0.2, -0.15) is 0 Å². The van der Waals surface area contributed by atoms with E-state index < -0.39 is 0 Å². The highest BCUT2D eigenvalue weighted by Crippen LogP contribution is 2.20. The van der Waals surface area contributed by atoms with Crippen LogP contribution in [0.25, 0.3) is 0 Å². The molecule has 0 aliphatic heterocycles. The highest BCUT2D eigenvalue weighted by Gasteiger charge is 2.09. The predicted molar refractivity (Wildman–Crippen MR) is 95.6 cm³/mol. The predicted octanol–water partition coefficient (Wildman–Crippen LogP) is 3.30. The molecule has 0 bridgehead atoms. The molecule has 0 aliphatic carbocycles. The van der Waals surface area contributed by atoms with Crippen LogP contribution in [0.1, 0.15) is 18.1 Å². The molecular formula is C19H22N2O3. The van der Waals surface area contributed by atoms with Crippen molar-refractivity contribution in [1.29, 1.82) is 0 Å². The number of hydrogen-bond acceptors (Lipinski definition) is 3. The summed E-state index contributed by atoms with van der Waals surface area (Å²) < 4.78 is 5.59. The summed E-state index contributed by atoms with van der Waals surface area (Å²) in [6, 6.07) is 13.0. The van der Waals surface area contributed by atoms with Gasteiger partial charge in [0.25, 0.3) is 5.91 Å². The maximum Gasteiger partial charge on any atom is 0.262 e. The smallest absolute Gasteiger partial charge is 0.262 e. The molecule has 0 aliphatic rings. The van der Waals surface area contributed by atoms with E-state index in [4.69, 9.17) is 4.74 Å². The molecule has 0 radical (unpaired) electrons. The van der Waals surface area contributed by atoms with Gasteiger partial charge in [0.1, 0.15) is 5.75 Å². The molecule has 2 aromatic carbocycles. The number of carbonyl (C=O) groups excluding carboxylic acids is 2. The van der Waals surface area contributed by atoms with E-state index in [-0.39, 0.29) is 18.4 Å². The highest BCUT2D eigenvalue weighted by molar-refractivity contribution is 5.94. The van der Waals surface area contributed by atoms with Gasteiger partial charge in [-0.1, -0.05) is 18.2 Å². The summed E-state index contributed by atoms with van der Waals surface area (Å²) in [6.07, 6.45) is 0. The van der Waals surface area contributed by atoms with Gasteiger partial charge in [-0.3, -0.25) is 9.59 Å². The standard InChI is InChI=1S/C19H22N2O3/c1-13-8-9-14(2)18(10-13)24-12-19(23)20-16-6-5-7-17(11-16)21(4)15(3)22/h5-11H,12H2,1-4H3,(H,20,23). The molecule has 2 aromatic rings. The van der Waals surface area contributed by atoms with Gasteiger partial charge in [0.2, 0.25) is 5.91 Å². The summed E-state index contributed by atoms with van der Waals surface area (Å²) in [5.74, 6) is 0.380. The van der Waals surface area contributed by atoms with Crippen molar-refractivity contribution < 1.29 is 14.3 Å². The molecule has 0 atom stereocenters. The van der Waals surface area contributed by atoms with E-state index in [1.165, 1.54) is 11.8 Å². The minimum Gasteiger partial charge on any atom is -0.483 e. The van der Waals surface area contributed by atoms with E-state index in [9.17, 15) is 9.59 Å². The van der Waals surface area contributed by atoms with Crippen molar-refractivity contribution in [3.63, 3.8) is 0 Å². The Hall–Kier alpha value is -2.82. The molecule has 0 spiro atoms. The molecule has 0 saturated carbocycles. The van der Waals surface area contributed by atoms with Crippen LogP contribution >= 0.6 is 0 Å². The second-order valence-electron chi connectivity index (χ2n) is 5.73. The van der Waals surface area contributed by atoms with Crippen molar-refractivity contribution in [3.8, 4) is 5.75 Å². The Labute approximate surface area is 142 Å². The first-order valence-electron chi connectivity index (χ1n) is 7.71. The Morgan fingerprint density at radius 1 is 1.12 bits per heavy atom. The number of carbonyl (C=O) groups is 2. The van der Waals surface area contributed by atoms with E-state index in [1.807, 2.05) is 38.1 Å².